The molecule has 0 amide bonds. The van der Waals surface area contributed by atoms with Crippen molar-refractivity contribution in [1.29, 1.82) is 0 Å². The fourth-order valence-electron chi connectivity index (χ4n) is 1.39. The van der Waals surface area contributed by atoms with Gasteiger partial charge in [0.1, 0.15) is 0 Å². The number of aliphatic imine (C=N–C) groups is 1. The highest BCUT2D eigenvalue weighted by Crippen LogP contribution is 2.28. The van der Waals surface area contributed by atoms with E-state index in [1.54, 1.807) is 7.05 Å². The third kappa shape index (κ3) is 5.16. The van der Waals surface area contributed by atoms with E-state index in [2.05, 4.69) is 21.8 Å². The van der Waals surface area contributed by atoms with Crippen molar-refractivity contribution in [2.75, 3.05) is 40.4 Å². The van der Waals surface area contributed by atoms with Crippen LogP contribution >= 0.6 is 0 Å². The van der Waals surface area contributed by atoms with Crippen LogP contribution in [0.2, 0.25) is 0 Å². The monoisotopic (exact) mass is 225 g/mol. The summed E-state index contributed by atoms with van der Waals surface area (Å²) in [5.41, 5.74) is 0. The zero-order valence-corrected chi connectivity index (χ0v) is 10.4. The van der Waals surface area contributed by atoms with Gasteiger partial charge in [-0.15, -0.1) is 6.58 Å². The van der Waals surface area contributed by atoms with Crippen LogP contribution in [-0.4, -0.2) is 51.3 Å². The lowest BCUT2D eigenvalue weighted by Crippen LogP contribution is -2.40. The Bertz CT molecular complexity index is 236. The molecule has 1 saturated carbocycles. The Hall–Kier alpha value is -1.03. The first kappa shape index (κ1) is 13.0. The van der Waals surface area contributed by atoms with Gasteiger partial charge in [0.25, 0.3) is 0 Å². The molecule has 1 aliphatic carbocycles. The van der Waals surface area contributed by atoms with E-state index in [1.807, 2.05) is 13.1 Å². The summed E-state index contributed by atoms with van der Waals surface area (Å²) in [6.45, 7) is 6.96. The maximum Gasteiger partial charge on any atom is 0.193 e. The summed E-state index contributed by atoms with van der Waals surface area (Å²) in [6.07, 6.45) is 4.51. The van der Waals surface area contributed by atoms with Gasteiger partial charge in [-0.05, 0) is 18.8 Å². The van der Waals surface area contributed by atoms with Crippen LogP contribution in [0.5, 0.6) is 0 Å². The van der Waals surface area contributed by atoms with E-state index in [4.69, 9.17) is 4.74 Å². The van der Waals surface area contributed by atoms with Gasteiger partial charge in [-0.2, -0.15) is 0 Å². The van der Waals surface area contributed by atoms with Gasteiger partial charge >= 0.3 is 0 Å². The third-order valence-corrected chi connectivity index (χ3v) is 2.60. The summed E-state index contributed by atoms with van der Waals surface area (Å²) in [5, 5.41) is 3.18. The number of ether oxygens (including phenoxy) is 1. The highest BCUT2D eigenvalue weighted by molar-refractivity contribution is 5.79. The van der Waals surface area contributed by atoms with E-state index in [-0.39, 0.29) is 0 Å². The first-order valence-electron chi connectivity index (χ1n) is 5.88. The molecule has 0 spiro atoms. The van der Waals surface area contributed by atoms with Crippen molar-refractivity contribution < 1.29 is 4.74 Å². The van der Waals surface area contributed by atoms with Crippen LogP contribution in [0, 0.1) is 5.92 Å². The average molecular weight is 225 g/mol. The minimum absolute atomic E-state index is 0.736. The normalized spacial score (nSPS) is 16.0. The summed E-state index contributed by atoms with van der Waals surface area (Å²) >= 11 is 0. The Morgan fingerprint density at radius 3 is 2.94 bits per heavy atom. The first-order valence-corrected chi connectivity index (χ1v) is 5.88. The second-order valence-corrected chi connectivity index (χ2v) is 4.16. The van der Waals surface area contributed by atoms with Gasteiger partial charge in [0.15, 0.2) is 5.96 Å². The molecule has 16 heavy (non-hydrogen) atoms. The van der Waals surface area contributed by atoms with Gasteiger partial charge in [-0.1, -0.05) is 6.08 Å². The average Bonchev–Trinajstić information content (AvgIpc) is 3.09. The van der Waals surface area contributed by atoms with Crippen LogP contribution in [-0.2, 0) is 4.74 Å². The largest absolute Gasteiger partial charge is 0.379 e. The molecule has 1 N–H and O–H groups in total. The van der Waals surface area contributed by atoms with E-state index >= 15 is 0 Å². The molecule has 0 saturated heterocycles. The lowest BCUT2D eigenvalue weighted by atomic mass is 10.5. The summed E-state index contributed by atoms with van der Waals surface area (Å²) in [6, 6.07) is 0. The van der Waals surface area contributed by atoms with Crippen molar-refractivity contribution in [2.24, 2.45) is 10.9 Å². The second kappa shape index (κ2) is 7.28. The van der Waals surface area contributed by atoms with Crippen LogP contribution in [0.25, 0.3) is 0 Å². The number of hydrogen-bond acceptors (Lipinski definition) is 2. The van der Waals surface area contributed by atoms with Crippen molar-refractivity contribution in [3.63, 3.8) is 0 Å². The quantitative estimate of drug-likeness (QED) is 0.305. The molecule has 1 aliphatic rings. The Balaban J connectivity index is 2.09. The molecule has 0 aliphatic heterocycles. The number of nitrogens with one attached hydrogen (secondary N) is 1. The molecule has 4 heteroatoms. The molecule has 4 nitrogen and oxygen atoms in total. The fraction of sp³-hybridized carbons (Fsp3) is 0.750. The molecular weight excluding hydrogens is 202 g/mol. The Morgan fingerprint density at radius 1 is 1.62 bits per heavy atom. The van der Waals surface area contributed by atoms with E-state index in [1.165, 1.54) is 12.8 Å². The van der Waals surface area contributed by atoms with Gasteiger partial charge in [-0.3, -0.25) is 4.99 Å². The van der Waals surface area contributed by atoms with Crippen LogP contribution < -0.4 is 5.32 Å². The molecule has 0 radical (unpaired) electrons. The van der Waals surface area contributed by atoms with Gasteiger partial charge in [0.2, 0.25) is 0 Å². The summed E-state index contributed by atoms with van der Waals surface area (Å²) in [7, 11) is 3.80. The molecule has 0 atom stereocenters. The van der Waals surface area contributed by atoms with Crippen LogP contribution in [0.1, 0.15) is 12.8 Å². The van der Waals surface area contributed by atoms with Crippen molar-refractivity contribution >= 4 is 5.96 Å². The molecular formula is C12H23N3O. The van der Waals surface area contributed by atoms with Crippen molar-refractivity contribution in [3.8, 4) is 0 Å². The lowest BCUT2D eigenvalue weighted by molar-refractivity contribution is 0.115. The van der Waals surface area contributed by atoms with Crippen molar-refractivity contribution in [1.82, 2.24) is 10.2 Å². The van der Waals surface area contributed by atoms with Gasteiger partial charge in [-0.25, -0.2) is 0 Å². The predicted octanol–water partition coefficient (Wildman–Crippen LogP) is 1.11. The fourth-order valence-corrected chi connectivity index (χ4v) is 1.39. The van der Waals surface area contributed by atoms with Crippen LogP contribution in [0.15, 0.2) is 17.6 Å². The number of guanidine groups is 1. The molecule has 0 heterocycles. The van der Waals surface area contributed by atoms with E-state index < -0.39 is 0 Å². The van der Waals surface area contributed by atoms with Crippen LogP contribution in [0.3, 0.4) is 0 Å². The topological polar surface area (TPSA) is 36.9 Å². The molecule has 0 aromatic heterocycles. The number of rotatable bonds is 7. The summed E-state index contributed by atoms with van der Waals surface area (Å²) in [5.74, 6) is 1.72. The Kier molecular flexibility index (Phi) is 5.93. The highest BCUT2D eigenvalue weighted by Gasteiger charge is 2.21. The van der Waals surface area contributed by atoms with Gasteiger partial charge < -0.3 is 15.0 Å². The summed E-state index contributed by atoms with van der Waals surface area (Å²) < 4.78 is 5.58. The molecule has 1 rings (SSSR count). The number of hydrogen-bond donors (Lipinski definition) is 1. The summed E-state index contributed by atoms with van der Waals surface area (Å²) in [4.78, 5) is 6.25. The zero-order chi connectivity index (χ0) is 11.8. The maximum atomic E-state index is 5.58. The van der Waals surface area contributed by atoms with Crippen LogP contribution in [0.4, 0.5) is 0 Å². The standard InChI is InChI=1S/C12H23N3O/c1-4-7-14-12(13-2)15(3)8-9-16-10-11-5-6-11/h4,11H,1,5-10H2,2-3H3,(H,13,14). The van der Waals surface area contributed by atoms with E-state index in [0.717, 1.165) is 38.2 Å². The Labute approximate surface area is 98.4 Å². The number of likely N-dealkylation sites (N-methyl/N-ethyl adjacent to an activating group) is 1. The second-order valence-electron chi connectivity index (χ2n) is 4.16. The van der Waals surface area contributed by atoms with E-state index in [0.29, 0.717) is 0 Å². The predicted molar refractivity (Wildman–Crippen MR) is 67.7 cm³/mol. The van der Waals surface area contributed by atoms with Crippen molar-refractivity contribution in [2.45, 2.75) is 12.8 Å². The molecule has 0 aromatic carbocycles. The minimum Gasteiger partial charge on any atom is -0.379 e. The molecule has 1 fully saturated rings. The highest BCUT2D eigenvalue weighted by atomic mass is 16.5. The van der Waals surface area contributed by atoms with Crippen molar-refractivity contribution in [3.05, 3.63) is 12.7 Å². The molecule has 92 valence electrons. The van der Waals surface area contributed by atoms with Gasteiger partial charge in [0, 0.05) is 33.8 Å². The zero-order valence-electron chi connectivity index (χ0n) is 10.4. The number of nitrogens with zero attached hydrogens (tertiary/aromatic N) is 2. The molecule has 0 unspecified atom stereocenters. The SMILES string of the molecule is C=CCNC(=NC)N(C)CCOCC1CC1. The molecule has 0 bridgehead atoms. The lowest BCUT2D eigenvalue weighted by Gasteiger charge is -2.21. The smallest absolute Gasteiger partial charge is 0.193 e. The molecule has 0 aromatic rings. The third-order valence-electron chi connectivity index (χ3n) is 2.60. The Morgan fingerprint density at radius 2 is 2.38 bits per heavy atom. The minimum atomic E-state index is 0.736. The van der Waals surface area contributed by atoms with Gasteiger partial charge in [0.05, 0.1) is 6.61 Å². The first-order chi connectivity index (χ1) is 7.77. The van der Waals surface area contributed by atoms with E-state index in [9.17, 15) is 0 Å². The maximum absolute atomic E-state index is 5.58.